The summed E-state index contributed by atoms with van der Waals surface area (Å²) in [7, 11) is 0. The van der Waals surface area contributed by atoms with Gasteiger partial charge in [-0.2, -0.15) is 11.8 Å². The lowest BCUT2D eigenvalue weighted by molar-refractivity contribution is -0.131. The van der Waals surface area contributed by atoms with Gasteiger partial charge in [0.15, 0.2) is 0 Å². The molecule has 0 aliphatic heterocycles. The fourth-order valence-electron chi connectivity index (χ4n) is 2.11. The van der Waals surface area contributed by atoms with Gasteiger partial charge in [0.05, 0.1) is 6.54 Å². The fraction of sp³-hybridized carbons (Fsp3) is 0.438. The molecule has 0 bridgehead atoms. The van der Waals surface area contributed by atoms with E-state index in [0.717, 1.165) is 5.56 Å². The summed E-state index contributed by atoms with van der Waals surface area (Å²) >= 11 is 1.55. The standard InChI is InChI=1S/C16H24N4O3S/c1-24-8-7-12(15(18)22)20-16(23)13(19-14(21)10-17)9-11-5-3-2-4-6-11/h2-6,12-13H,7-10,17H2,1H3,(H2,18,22)(H,19,21)(H,20,23)/t12-,13-/m0/s1. The molecule has 0 aromatic heterocycles. The first kappa shape index (κ1) is 20.0. The monoisotopic (exact) mass is 352 g/mol. The van der Waals surface area contributed by atoms with Gasteiger partial charge in [0.2, 0.25) is 17.7 Å². The van der Waals surface area contributed by atoms with Crippen molar-refractivity contribution >= 4 is 29.5 Å². The number of carbonyl (C=O) groups excluding carboxylic acids is 3. The highest BCUT2D eigenvalue weighted by atomic mass is 32.2. The van der Waals surface area contributed by atoms with Crippen LogP contribution in [0.2, 0.25) is 0 Å². The number of nitrogens with one attached hydrogen (secondary N) is 2. The van der Waals surface area contributed by atoms with Gasteiger partial charge in [0.25, 0.3) is 0 Å². The van der Waals surface area contributed by atoms with Gasteiger partial charge < -0.3 is 22.1 Å². The second kappa shape index (κ2) is 10.7. The van der Waals surface area contributed by atoms with Crippen LogP contribution in [0.5, 0.6) is 0 Å². The molecule has 6 N–H and O–H groups in total. The van der Waals surface area contributed by atoms with E-state index in [2.05, 4.69) is 10.6 Å². The van der Waals surface area contributed by atoms with Gasteiger partial charge in [0, 0.05) is 6.42 Å². The van der Waals surface area contributed by atoms with Crippen LogP contribution in [-0.2, 0) is 20.8 Å². The topological polar surface area (TPSA) is 127 Å². The number of benzene rings is 1. The molecule has 132 valence electrons. The van der Waals surface area contributed by atoms with E-state index in [1.54, 1.807) is 11.8 Å². The van der Waals surface area contributed by atoms with Crippen LogP contribution in [0.1, 0.15) is 12.0 Å². The number of nitrogens with two attached hydrogens (primary N) is 2. The first-order chi connectivity index (χ1) is 11.5. The van der Waals surface area contributed by atoms with Crippen LogP contribution in [-0.4, -0.2) is 48.4 Å². The maximum absolute atomic E-state index is 12.5. The molecule has 24 heavy (non-hydrogen) atoms. The number of hydrogen-bond donors (Lipinski definition) is 4. The molecule has 3 amide bonds. The van der Waals surface area contributed by atoms with Crippen molar-refractivity contribution in [2.75, 3.05) is 18.6 Å². The Bertz CT molecular complexity index is 554. The van der Waals surface area contributed by atoms with E-state index in [1.807, 2.05) is 36.6 Å². The van der Waals surface area contributed by atoms with Crippen LogP contribution < -0.4 is 22.1 Å². The van der Waals surface area contributed by atoms with Gasteiger partial charge >= 0.3 is 0 Å². The molecule has 0 radical (unpaired) electrons. The number of rotatable bonds is 10. The van der Waals surface area contributed by atoms with E-state index in [1.165, 1.54) is 0 Å². The number of amides is 3. The van der Waals surface area contributed by atoms with Crippen LogP contribution in [0.3, 0.4) is 0 Å². The molecule has 0 heterocycles. The van der Waals surface area contributed by atoms with Crippen molar-refractivity contribution in [2.24, 2.45) is 11.5 Å². The van der Waals surface area contributed by atoms with E-state index < -0.39 is 29.8 Å². The van der Waals surface area contributed by atoms with Crippen LogP contribution in [0, 0.1) is 0 Å². The first-order valence-corrected chi connectivity index (χ1v) is 8.99. The third-order valence-electron chi connectivity index (χ3n) is 3.39. The van der Waals surface area contributed by atoms with Gasteiger partial charge in [-0.25, -0.2) is 0 Å². The Hall–Kier alpha value is -2.06. The Kier molecular flexibility index (Phi) is 8.88. The lowest BCUT2D eigenvalue weighted by atomic mass is 10.0. The Morgan fingerprint density at radius 3 is 2.33 bits per heavy atom. The number of primary amides is 1. The second-order valence-electron chi connectivity index (χ2n) is 5.26. The average Bonchev–Trinajstić information content (AvgIpc) is 2.58. The van der Waals surface area contributed by atoms with Gasteiger partial charge in [-0.15, -0.1) is 0 Å². The fourth-order valence-corrected chi connectivity index (χ4v) is 2.58. The highest BCUT2D eigenvalue weighted by Gasteiger charge is 2.25. The van der Waals surface area contributed by atoms with Crippen LogP contribution in [0.4, 0.5) is 0 Å². The van der Waals surface area contributed by atoms with Crippen LogP contribution >= 0.6 is 11.8 Å². The molecule has 0 spiro atoms. The third-order valence-corrected chi connectivity index (χ3v) is 4.03. The van der Waals surface area contributed by atoms with Crippen molar-refractivity contribution in [1.82, 2.24) is 10.6 Å². The molecular weight excluding hydrogens is 328 g/mol. The lowest BCUT2D eigenvalue weighted by Crippen LogP contribution is -2.54. The van der Waals surface area contributed by atoms with E-state index >= 15 is 0 Å². The maximum atomic E-state index is 12.5. The molecule has 0 saturated carbocycles. The van der Waals surface area contributed by atoms with E-state index in [9.17, 15) is 14.4 Å². The molecule has 0 aliphatic carbocycles. The van der Waals surface area contributed by atoms with Gasteiger partial charge in [-0.3, -0.25) is 14.4 Å². The van der Waals surface area contributed by atoms with Gasteiger partial charge in [0.1, 0.15) is 12.1 Å². The van der Waals surface area contributed by atoms with E-state index in [4.69, 9.17) is 11.5 Å². The minimum Gasteiger partial charge on any atom is -0.368 e. The zero-order valence-corrected chi connectivity index (χ0v) is 14.5. The zero-order valence-electron chi connectivity index (χ0n) is 13.7. The molecular formula is C16H24N4O3S. The summed E-state index contributed by atoms with van der Waals surface area (Å²) < 4.78 is 0. The summed E-state index contributed by atoms with van der Waals surface area (Å²) in [6.45, 7) is -0.218. The molecule has 8 heteroatoms. The van der Waals surface area contributed by atoms with Crippen molar-refractivity contribution in [2.45, 2.75) is 24.9 Å². The smallest absolute Gasteiger partial charge is 0.243 e. The molecule has 2 atom stereocenters. The predicted octanol–water partition coefficient (Wildman–Crippen LogP) is -0.604. The van der Waals surface area contributed by atoms with Crippen molar-refractivity contribution in [3.05, 3.63) is 35.9 Å². The molecule has 0 fully saturated rings. The maximum Gasteiger partial charge on any atom is 0.243 e. The number of carbonyl (C=O) groups is 3. The predicted molar refractivity (Wildman–Crippen MR) is 95.3 cm³/mol. The summed E-state index contributed by atoms with van der Waals surface area (Å²) in [6, 6.07) is 7.68. The van der Waals surface area contributed by atoms with E-state index in [0.29, 0.717) is 18.6 Å². The van der Waals surface area contributed by atoms with Crippen LogP contribution in [0.25, 0.3) is 0 Å². The lowest BCUT2D eigenvalue weighted by Gasteiger charge is -2.22. The van der Waals surface area contributed by atoms with Crippen LogP contribution in [0.15, 0.2) is 30.3 Å². The summed E-state index contributed by atoms with van der Waals surface area (Å²) in [5.41, 5.74) is 11.5. The summed E-state index contributed by atoms with van der Waals surface area (Å²) in [5.74, 6) is -0.802. The van der Waals surface area contributed by atoms with Gasteiger partial charge in [-0.05, 0) is 24.0 Å². The number of hydrogen-bond acceptors (Lipinski definition) is 5. The number of thioether (sulfide) groups is 1. The quantitative estimate of drug-likeness (QED) is 0.447. The summed E-state index contributed by atoms with van der Waals surface area (Å²) in [6.07, 6.45) is 2.64. The van der Waals surface area contributed by atoms with Crippen molar-refractivity contribution in [1.29, 1.82) is 0 Å². The van der Waals surface area contributed by atoms with Crippen molar-refractivity contribution in [3.8, 4) is 0 Å². The molecule has 0 saturated heterocycles. The third kappa shape index (κ3) is 7.01. The minimum absolute atomic E-state index is 0.218. The summed E-state index contributed by atoms with van der Waals surface area (Å²) in [5, 5.41) is 5.20. The molecule has 1 aromatic rings. The SMILES string of the molecule is CSCC[C@H](NC(=O)[C@H](Cc1ccccc1)NC(=O)CN)C(N)=O. The Morgan fingerprint density at radius 2 is 1.79 bits per heavy atom. The molecule has 1 rings (SSSR count). The summed E-state index contributed by atoms with van der Waals surface area (Å²) in [4.78, 5) is 35.6. The Labute approximate surface area is 145 Å². The first-order valence-electron chi connectivity index (χ1n) is 7.60. The Balaban J connectivity index is 2.81. The van der Waals surface area contributed by atoms with Crippen molar-refractivity contribution < 1.29 is 14.4 Å². The second-order valence-corrected chi connectivity index (χ2v) is 6.24. The molecule has 0 unspecified atom stereocenters. The molecule has 7 nitrogen and oxygen atoms in total. The Morgan fingerprint density at radius 1 is 1.12 bits per heavy atom. The highest BCUT2D eigenvalue weighted by Crippen LogP contribution is 2.05. The van der Waals surface area contributed by atoms with Crippen molar-refractivity contribution in [3.63, 3.8) is 0 Å². The van der Waals surface area contributed by atoms with E-state index in [-0.39, 0.29) is 6.54 Å². The molecule has 0 aliphatic rings. The normalized spacial score (nSPS) is 12.9. The van der Waals surface area contributed by atoms with Gasteiger partial charge in [-0.1, -0.05) is 30.3 Å². The minimum atomic E-state index is -0.820. The highest BCUT2D eigenvalue weighted by molar-refractivity contribution is 7.98. The average molecular weight is 352 g/mol. The largest absolute Gasteiger partial charge is 0.368 e. The zero-order chi connectivity index (χ0) is 17.9. The molecule has 1 aromatic carbocycles.